The number of amides is 2. The van der Waals surface area contributed by atoms with E-state index in [2.05, 4.69) is 14.1 Å². The first-order valence-electron chi connectivity index (χ1n) is 12.3. The first-order valence-corrected chi connectivity index (χ1v) is 13.0. The van der Waals surface area contributed by atoms with Gasteiger partial charge in [-0.05, 0) is 42.5 Å². The van der Waals surface area contributed by atoms with Crippen molar-refractivity contribution in [3.05, 3.63) is 71.5 Å². The number of hydrogen-bond acceptors (Lipinski definition) is 7. The number of hydrogen-bond donors (Lipinski definition) is 1. The predicted molar refractivity (Wildman–Crippen MR) is 138 cm³/mol. The second-order valence-corrected chi connectivity index (χ2v) is 9.44. The van der Waals surface area contributed by atoms with E-state index in [1.807, 2.05) is 48.5 Å². The fourth-order valence-electron chi connectivity index (χ4n) is 4.67. The molecule has 0 spiro atoms. The Hall–Kier alpha value is -3.46. The highest BCUT2D eigenvalue weighted by Crippen LogP contribution is 2.29. The van der Waals surface area contributed by atoms with Gasteiger partial charge in [0, 0.05) is 12.6 Å². The minimum atomic E-state index is -0.789. The number of nitrogens with one attached hydrogen (secondary N) is 1. The molecule has 2 amide bonds. The largest absolute Gasteiger partial charge is 0.493 e. The topological polar surface area (TPSA) is 93.7 Å². The van der Waals surface area contributed by atoms with Crippen LogP contribution in [0.15, 0.2) is 54.7 Å². The molecule has 1 atom stereocenters. The Morgan fingerprint density at radius 3 is 2.47 bits per heavy atom. The SMILES string of the molecule is COc1ccc(CCN(C(=O)c2cnsn2)[C@@H](C(=O)NC2CCCCC2)c2ccccc2)cc1OC. The Balaban J connectivity index is 1.65. The van der Waals surface area contributed by atoms with Gasteiger partial charge in [0.05, 0.1) is 32.1 Å². The van der Waals surface area contributed by atoms with Gasteiger partial charge in [0.25, 0.3) is 5.91 Å². The second kappa shape index (κ2) is 12.5. The summed E-state index contributed by atoms with van der Waals surface area (Å²) in [6, 6.07) is 14.5. The molecule has 190 valence electrons. The third kappa shape index (κ3) is 6.20. The fourth-order valence-corrected chi connectivity index (χ4v) is 5.08. The molecule has 8 nitrogen and oxygen atoms in total. The fraction of sp³-hybridized carbons (Fsp3) is 0.407. The zero-order valence-corrected chi connectivity index (χ0v) is 21.5. The lowest BCUT2D eigenvalue weighted by Gasteiger charge is -2.33. The van der Waals surface area contributed by atoms with Crippen molar-refractivity contribution in [2.45, 2.75) is 50.6 Å². The van der Waals surface area contributed by atoms with E-state index in [9.17, 15) is 9.59 Å². The molecule has 3 aromatic rings. The zero-order valence-electron chi connectivity index (χ0n) is 20.7. The number of ether oxygens (including phenoxy) is 2. The molecule has 9 heteroatoms. The molecule has 0 unspecified atom stereocenters. The molecule has 1 fully saturated rings. The lowest BCUT2D eigenvalue weighted by Crippen LogP contribution is -2.47. The molecule has 4 rings (SSSR count). The van der Waals surface area contributed by atoms with Gasteiger partial charge in [0.1, 0.15) is 6.04 Å². The van der Waals surface area contributed by atoms with Crippen LogP contribution >= 0.6 is 11.7 Å². The van der Waals surface area contributed by atoms with E-state index in [0.29, 0.717) is 24.5 Å². The highest BCUT2D eigenvalue weighted by molar-refractivity contribution is 6.99. The van der Waals surface area contributed by atoms with E-state index in [4.69, 9.17) is 9.47 Å². The van der Waals surface area contributed by atoms with Crippen molar-refractivity contribution in [1.29, 1.82) is 0 Å². The van der Waals surface area contributed by atoms with Gasteiger partial charge in [-0.3, -0.25) is 9.59 Å². The maximum absolute atomic E-state index is 13.7. The molecule has 1 aliphatic carbocycles. The van der Waals surface area contributed by atoms with E-state index in [1.165, 1.54) is 12.6 Å². The van der Waals surface area contributed by atoms with Crippen molar-refractivity contribution in [2.24, 2.45) is 0 Å². The van der Waals surface area contributed by atoms with Crippen molar-refractivity contribution in [1.82, 2.24) is 19.0 Å². The molecule has 1 aliphatic rings. The first-order chi connectivity index (χ1) is 17.6. The number of benzene rings is 2. The van der Waals surface area contributed by atoms with Crippen molar-refractivity contribution >= 4 is 23.5 Å². The molecule has 1 N–H and O–H groups in total. The van der Waals surface area contributed by atoms with Crippen LogP contribution in [-0.4, -0.2) is 52.3 Å². The summed E-state index contributed by atoms with van der Waals surface area (Å²) in [5.74, 6) is 0.761. The molecule has 1 aromatic heterocycles. The summed E-state index contributed by atoms with van der Waals surface area (Å²) < 4.78 is 19.0. The van der Waals surface area contributed by atoms with Crippen molar-refractivity contribution in [3.8, 4) is 11.5 Å². The minimum Gasteiger partial charge on any atom is -0.493 e. The molecule has 0 aliphatic heterocycles. The quantitative estimate of drug-likeness (QED) is 0.436. The van der Waals surface area contributed by atoms with Gasteiger partial charge in [-0.15, -0.1) is 0 Å². The van der Waals surface area contributed by atoms with Gasteiger partial charge in [-0.1, -0.05) is 55.7 Å². The van der Waals surface area contributed by atoms with Crippen molar-refractivity contribution in [3.63, 3.8) is 0 Å². The smallest absolute Gasteiger partial charge is 0.276 e. The van der Waals surface area contributed by atoms with Gasteiger partial charge < -0.3 is 19.7 Å². The van der Waals surface area contributed by atoms with Crippen molar-refractivity contribution in [2.75, 3.05) is 20.8 Å². The summed E-state index contributed by atoms with van der Waals surface area (Å²) in [5, 5.41) is 3.23. The summed E-state index contributed by atoms with van der Waals surface area (Å²) >= 11 is 0.975. The molecule has 2 aromatic carbocycles. The van der Waals surface area contributed by atoms with Crippen LogP contribution in [0.3, 0.4) is 0 Å². The Kier molecular flexibility index (Phi) is 8.89. The maximum Gasteiger partial charge on any atom is 0.276 e. The highest BCUT2D eigenvalue weighted by Gasteiger charge is 2.34. The van der Waals surface area contributed by atoms with E-state index in [-0.39, 0.29) is 23.6 Å². The molecule has 0 saturated heterocycles. The number of carbonyl (C=O) groups is 2. The molecule has 0 bridgehead atoms. The summed E-state index contributed by atoms with van der Waals surface area (Å²) in [5.41, 5.74) is 1.95. The van der Waals surface area contributed by atoms with E-state index >= 15 is 0 Å². The monoisotopic (exact) mass is 508 g/mol. The van der Waals surface area contributed by atoms with Crippen molar-refractivity contribution < 1.29 is 19.1 Å². The lowest BCUT2D eigenvalue weighted by atomic mass is 9.94. The van der Waals surface area contributed by atoms with Gasteiger partial charge in [-0.2, -0.15) is 8.75 Å². The van der Waals surface area contributed by atoms with Gasteiger partial charge in [-0.25, -0.2) is 0 Å². The van der Waals surface area contributed by atoms with Crippen LogP contribution in [-0.2, 0) is 11.2 Å². The third-order valence-corrected chi connectivity index (χ3v) is 7.04. The van der Waals surface area contributed by atoms with E-state index < -0.39 is 6.04 Å². The standard InChI is InChI=1S/C27H32N4O4S/c1-34-23-14-13-19(17-24(23)35-2)15-16-31(27(33)22-18-28-36-30-22)25(20-9-5-3-6-10-20)26(32)29-21-11-7-4-8-12-21/h3,5-6,9-10,13-14,17-18,21,25H,4,7-8,11-12,15-16H2,1-2H3,(H,29,32)/t25-/m1/s1. The molecular weight excluding hydrogens is 476 g/mol. The first kappa shape index (κ1) is 25.6. The Bertz CT molecular complexity index is 1130. The predicted octanol–water partition coefficient (Wildman–Crippen LogP) is 4.43. The molecule has 0 radical (unpaired) electrons. The summed E-state index contributed by atoms with van der Waals surface area (Å²) in [6.07, 6.45) is 7.30. The summed E-state index contributed by atoms with van der Waals surface area (Å²) in [4.78, 5) is 29.0. The minimum absolute atomic E-state index is 0.126. The average Bonchev–Trinajstić information content (AvgIpc) is 3.46. The number of rotatable bonds is 10. The average molecular weight is 509 g/mol. The zero-order chi connectivity index (χ0) is 25.3. The Labute approximate surface area is 216 Å². The Morgan fingerprint density at radius 1 is 1.06 bits per heavy atom. The maximum atomic E-state index is 13.7. The van der Waals surface area contributed by atoms with Crippen LogP contribution in [0.5, 0.6) is 11.5 Å². The molecule has 1 saturated carbocycles. The molecule has 36 heavy (non-hydrogen) atoms. The van der Waals surface area contributed by atoms with Crippen LogP contribution < -0.4 is 14.8 Å². The lowest BCUT2D eigenvalue weighted by molar-refractivity contribution is -0.126. The van der Waals surface area contributed by atoms with E-state index in [1.54, 1.807) is 19.1 Å². The van der Waals surface area contributed by atoms with Crippen LogP contribution in [0.25, 0.3) is 0 Å². The van der Waals surface area contributed by atoms with Gasteiger partial charge in [0.2, 0.25) is 5.91 Å². The van der Waals surface area contributed by atoms with Crippen LogP contribution in [0.1, 0.15) is 59.8 Å². The Morgan fingerprint density at radius 2 is 1.81 bits per heavy atom. The highest BCUT2D eigenvalue weighted by atomic mass is 32.1. The van der Waals surface area contributed by atoms with E-state index in [0.717, 1.165) is 48.5 Å². The third-order valence-electron chi connectivity index (χ3n) is 6.56. The van der Waals surface area contributed by atoms with Gasteiger partial charge >= 0.3 is 0 Å². The van der Waals surface area contributed by atoms with Crippen LogP contribution in [0.4, 0.5) is 0 Å². The number of carbonyl (C=O) groups excluding carboxylic acids is 2. The second-order valence-electron chi connectivity index (χ2n) is 8.89. The molecular formula is C27H32N4O4S. The summed E-state index contributed by atoms with van der Waals surface area (Å²) in [7, 11) is 3.18. The number of methoxy groups -OCH3 is 2. The number of nitrogens with zero attached hydrogens (tertiary/aromatic N) is 3. The number of aromatic nitrogens is 2. The normalized spacial score (nSPS) is 14.6. The summed E-state index contributed by atoms with van der Waals surface area (Å²) in [6.45, 7) is 0.309. The van der Waals surface area contributed by atoms with Crippen LogP contribution in [0, 0.1) is 0 Å². The van der Waals surface area contributed by atoms with Crippen LogP contribution in [0.2, 0.25) is 0 Å². The van der Waals surface area contributed by atoms with Gasteiger partial charge in [0.15, 0.2) is 17.2 Å². The molecule has 1 heterocycles.